The summed E-state index contributed by atoms with van der Waals surface area (Å²) in [6.45, 7) is 7.52. The molecule has 1 aromatic heterocycles. The van der Waals surface area contributed by atoms with Gasteiger partial charge in [0.2, 0.25) is 0 Å². The number of azo groups is 3. The predicted octanol–water partition coefficient (Wildman–Crippen LogP) is 14.8. The average molecular weight is 1040 g/mol. The van der Waals surface area contributed by atoms with E-state index in [-0.39, 0.29) is 21.7 Å². The van der Waals surface area contributed by atoms with Crippen LogP contribution in [0, 0.1) is 27.7 Å². The number of ether oxygens (including phenoxy) is 1. The minimum absolute atomic E-state index is 0.110. The van der Waals surface area contributed by atoms with Crippen LogP contribution in [-0.2, 0) is 28.9 Å². The van der Waals surface area contributed by atoms with E-state index in [4.69, 9.17) is 19.6 Å². The molecule has 0 saturated carbocycles. The molecule has 0 aliphatic carbocycles. The van der Waals surface area contributed by atoms with Gasteiger partial charge in [0, 0.05) is 33.1 Å². The Morgan fingerprint density at radius 2 is 1.26 bits per heavy atom. The first-order valence-corrected chi connectivity index (χ1v) is 24.5. The van der Waals surface area contributed by atoms with Crippen molar-refractivity contribution in [3.8, 4) is 17.2 Å². The van der Waals surface area contributed by atoms with E-state index in [1.807, 2.05) is 94.4 Å². The summed E-state index contributed by atoms with van der Waals surface area (Å²) in [6, 6.07) is 35.1. The van der Waals surface area contributed by atoms with Gasteiger partial charge in [0.1, 0.15) is 33.1 Å². The molecule has 0 bridgehead atoms. The molecule has 24 heteroatoms. The highest BCUT2D eigenvalue weighted by Gasteiger charge is 2.20. The number of hydrogen-bond donors (Lipinski definition) is 5. The summed E-state index contributed by atoms with van der Waals surface area (Å²) < 4.78 is 49.6. The van der Waals surface area contributed by atoms with Gasteiger partial charge in [0.25, 0.3) is 10.1 Å². The molecular formula is C49H40N10O11S3. The molecule has 0 amide bonds. The standard InChI is InChI=1S/C49H40N10O11S3/c1-26-18-40(53-56-48-45(72-70-68-62)21-31-19-33(12-14-37(31)49(48)60)50-32-9-7-6-8-10-32)27(2)17-39(26)52-55-47-28(3)15-34(16-29(47)4)51-54-43-24-41-42(25-44(43)66-5)58-59(57-41)35-13-11-30-20-36(71-69-67-61)23-46(38(30)22-35)73(63,64)65/h6-25,50,60-62H,1-5H3,(H,63,64,65). The maximum absolute atomic E-state index is 12.4. The number of rotatable bonds is 17. The highest BCUT2D eigenvalue weighted by molar-refractivity contribution is 7.95. The smallest absolute Gasteiger partial charge is 0.295 e. The zero-order chi connectivity index (χ0) is 51.4. The first-order chi connectivity index (χ1) is 35.2. The van der Waals surface area contributed by atoms with Gasteiger partial charge < -0.3 is 15.2 Å². The number of nitrogens with zero attached hydrogens (tertiary/aromatic N) is 9. The van der Waals surface area contributed by atoms with Crippen molar-refractivity contribution in [3.05, 3.63) is 144 Å². The Bertz CT molecular complexity index is 3780. The number of phenols is 1. The number of phenolic OH excluding ortho intramolecular Hbond substituents is 1. The largest absolute Gasteiger partial charge is 0.505 e. The van der Waals surface area contributed by atoms with Gasteiger partial charge >= 0.3 is 0 Å². The lowest BCUT2D eigenvalue weighted by Crippen LogP contribution is -2.02. The second kappa shape index (κ2) is 21.5. The van der Waals surface area contributed by atoms with Gasteiger partial charge in [-0.2, -0.15) is 28.6 Å². The number of anilines is 2. The van der Waals surface area contributed by atoms with Crippen molar-refractivity contribution in [1.82, 2.24) is 15.0 Å². The Kier molecular flexibility index (Phi) is 14.8. The molecule has 9 aromatic rings. The van der Waals surface area contributed by atoms with E-state index in [0.717, 1.165) is 33.6 Å². The third-order valence-corrected chi connectivity index (χ3v) is 13.3. The van der Waals surface area contributed by atoms with Gasteiger partial charge in [-0.05, 0) is 152 Å². The quantitative estimate of drug-likeness (QED) is 0.0186. The number of methoxy groups -OCH3 is 1. The van der Waals surface area contributed by atoms with Crippen LogP contribution in [0.3, 0.4) is 0 Å². The van der Waals surface area contributed by atoms with E-state index >= 15 is 0 Å². The Labute approximate surface area is 423 Å². The van der Waals surface area contributed by atoms with Crippen LogP contribution in [0.25, 0.3) is 38.3 Å². The molecule has 73 heavy (non-hydrogen) atoms. The van der Waals surface area contributed by atoms with Crippen molar-refractivity contribution in [2.45, 2.75) is 42.4 Å². The molecule has 0 atom stereocenters. The molecular weight excluding hydrogens is 1000 g/mol. The molecule has 0 saturated heterocycles. The number of para-hydroxylation sites is 1. The van der Waals surface area contributed by atoms with Crippen LogP contribution in [0.2, 0.25) is 0 Å². The second-order valence-electron chi connectivity index (χ2n) is 16.2. The lowest BCUT2D eigenvalue weighted by Gasteiger charge is -2.12. The third-order valence-electron chi connectivity index (χ3n) is 11.3. The van der Waals surface area contributed by atoms with Crippen LogP contribution in [0.5, 0.6) is 11.5 Å². The van der Waals surface area contributed by atoms with Crippen molar-refractivity contribution in [1.29, 1.82) is 0 Å². The van der Waals surface area contributed by atoms with Gasteiger partial charge in [-0.1, -0.05) is 34.3 Å². The summed E-state index contributed by atoms with van der Waals surface area (Å²) >= 11 is 1.21. The highest BCUT2D eigenvalue weighted by Crippen LogP contribution is 2.45. The van der Waals surface area contributed by atoms with Crippen molar-refractivity contribution >= 4 is 112 Å². The highest BCUT2D eigenvalue weighted by atomic mass is 32.2. The summed E-state index contributed by atoms with van der Waals surface area (Å²) in [5.41, 5.74) is 8.85. The first kappa shape index (κ1) is 50.2. The average Bonchev–Trinajstić information content (AvgIpc) is 3.79. The Morgan fingerprint density at radius 1 is 0.603 bits per heavy atom. The van der Waals surface area contributed by atoms with Gasteiger partial charge in [-0.15, -0.1) is 34.2 Å². The number of aromatic nitrogens is 3. The van der Waals surface area contributed by atoms with Gasteiger partial charge in [-0.25, -0.2) is 10.5 Å². The number of fused-ring (bicyclic) bond motifs is 3. The summed E-state index contributed by atoms with van der Waals surface area (Å²) in [4.78, 5) is 1.49. The fourth-order valence-electron chi connectivity index (χ4n) is 7.81. The summed E-state index contributed by atoms with van der Waals surface area (Å²) in [6.07, 6.45) is 0. The maximum Gasteiger partial charge on any atom is 0.295 e. The molecule has 0 aliphatic heterocycles. The van der Waals surface area contributed by atoms with Crippen molar-refractivity contribution in [3.63, 3.8) is 0 Å². The third kappa shape index (κ3) is 11.2. The van der Waals surface area contributed by atoms with Crippen molar-refractivity contribution < 1.29 is 52.1 Å². The fraction of sp³-hybridized carbons (Fsp3) is 0.102. The van der Waals surface area contributed by atoms with E-state index in [1.54, 1.807) is 42.5 Å². The van der Waals surface area contributed by atoms with E-state index < -0.39 is 15.0 Å². The predicted molar refractivity (Wildman–Crippen MR) is 274 cm³/mol. The molecule has 8 aromatic carbocycles. The zero-order valence-electron chi connectivity index (χ0n) is 38.9. The number of benzene rings is 8. The number of aryl methyl sites for hydroxylation is 4. The lowest BCUT2D eigenvalue weighted by molar-refractivity contribution is -0.432. The van der Waals surface area contributed by atoms with Crippen molar-refractivity contribution in [2.24, 2.45) is 30.7 Å². The molecule has 9 rings (SSSR count). The molecule has 0 unspecified atom stereocenters. The number of hydrogen-bond acceptors (Lipinski definition) is 21. The fourth-order valence-corrected chi connectivity index (χ4v) is 9.57. The Balaban J connectivity index is 0.927. The van der Waals surface area contributed by atoms with Gasteiger partial charge in [0.05, 0.1) is 64.5 Å². The van der Waals surface area contributed by atoms with Crippen molar-refractivity contribution in [2.75, 3.05) is 12.4 Å². The van der Waals surface area contributed by atoms with E-state index in [1.165, 1.54) is 24.0 Å². The van der Waals surface area contributed by atoms with Crippen LogP contribution in [0.4, 0.5) is 45.5 Å². The van der Waals surface area contributed by atoms with Gasteiger partial charge in [-0.3, -0.25) is 4.55 Å². The lowest BCUT2D eigenvalue weighted by atomic mass is 10.1. The monoisotopic (exact) mass is 1040 g/mol. The molecule has 0 spiro atoms. The van der Waals surface area contributed by atoms with E-state index in [9.17, 15) is 18.1 Å². The van der Waals surface area contributed by atoms with Gasteiger partial charge in [0.15, 0.2) is 5.75 Å². The SMILES string of the molecule is COc1cc2nn(-c3ccc4cc(SOOO)cc(S(=O)(=O)O)c4c3)nc2cc1N=Nc1cc(C)c(N=Nc2cc(C)c(N=Nc3c(SOOO)cc4cc(Nc5ccccc5)ccc4c3O)cc2C)c(C)c1. The summed E-state index contributed by atoms with van der Waals surface area (Å²) in [5, 5.41) is 77.8. The molecule has 0 radical (unpaired) electrons. The van der Waals surface area contributed by atoms with E-state index in [2.05, 4.69) is 60.6 Å². The topological polar surface area (TPSA) is 278 Å². The normalized spacial score (nSPS) is 12.2. The first-order valence-electron chi connectivity index (χ1n) is 21.6. The minimum Gasteiger partial charge on any atom is -0.505 e. The maximum atomic E-state index is 12.4. The second-order valence-corrected chi connectivity index (χ2v) is 19.1. The molecule has 5 N–H and O–H groups in total. The molecule has 21 nitrogen and oxygen atoms in total. The Hall–Kier alpha value is -7.75. The van der Waals surface area contributed by atoms with Crippen LogP contribution in [0.15, 0.2) is 167 Å². The molecule has 370 valence electrons. The zero-order valence-corrected chi connectivity index (χ0v) is 41.4. The van der Waals surface area contributed by atoms with Crippen LogP contribution >= 0.6 is 24.1 Å². The van der Waals surface area contributed by atoms with Crippen LogP contribution in [-0.4, -0.2) is 50.7 Å². The van der Waals surface area contributed by atoms with Crippen LogP contribution < -0.4 is 10.1 Å². The molecule has 1 heterocycles. The number of aromatic hydroxyl groups is 1. The summed E-state index contributed by atoms with van der Waals surface area (Å²) in [7, 11) is -3.20. The minimum atomic E-state index is -4.69. The van der Waals surface area contributed by atoms with E-state index in [0.29, 0.717) is 96.0 Å². The molecule has 0 aliphatic rings. The number of nitrogens with one attached hydrogen (secondary N) is 1. The summed E-state index contributed by atoms with van der Waals surface area (Å²) in [5.74, 6) is 0.233. The molecule has 0 fully saturated rings. The van der Waals surface area contributed by atoms with Crippen LogP contribution in [0.1, 0.15) is 22.3 Å². The Morgan fingerprint density at radius 3 is 1.93 bits per heavy atom.